The van der Waals surface area contributed by atoms with Gasteiger partial charge >= 0.3 is 0 Å². The van der Waals surface area contributed by atoms with Crippen LogP contribution in [0.5, 0.6) is 0 Å². The lowest BCUT2D eigenvalue weighted by Crippen LogP contribution is -2.34. The van der Waals surface area contributed by atoms with E-state index in [-0.39, 0.29) is 16.5 Å². The molecule has 0 radical (unpaired) electrons. The third-order valence-electron chi connectivity index (χ3n) is 3.28. The van der Waals surface area contributed by atoms with Gasteiger partial charge in [-0.1, -0.05) is 6.07 Å². The average Bonchev–Trinajstić information content (AvgIpc) is 2.76. The van der Waals surface area contributed by atoms with Crippen LogP contribution in [0.15, 0.2) is 23.1 Å². The number of nitrogens with zero attached hydrogens (tertiary/aromatic N) is 1. The molecule has 1 saturated heterocycles. The molecule has 0 aromatic heterocycles. The summed E-state index contributed by atoms with van der Waals surface area (Å²) in [5.74, 6) is -0.613. The van der Waals surface area contributed by atoms with E-state index in [4.69, 9.17) is 0 Å². The van der Waals surface area contributed by atoms with Crippen LogP contribution in [-0.2, 0) is 16.6 Å². The normalized spacial score (nSPS) is 21.4. The van der Waals surface area contributed by atoms with Gasteiger partial charge in [-0.05, 0) is 37.5 Å². The molecule has 100 valence electrons. The molecule has 0 aliphatic carbocycles. The Kier molecular flexibility index (Phi) is 3.70. The lowest BCUT2D eigenvalue weighted by molar-refractivity contribution is 0.277. The molecule has 0 bridgehead atoms. The summed E-state index contributed by atoms with van der Waals surface area (Å²) in [5, 5.41) is 9.18. The van der Waals surface area contributed by atoms with E-state index in [1.54, 1.807) is 0 Å². The molecular formula is C12H16FNO3S. The minimum atomic E-state index is -3.72. The van der Waals surface area contributed by atoms with E-state index in [9.17, 15) is 17.9 Å². The first-order valence-corrected chi connectivity index (χ1v) is 7.32. The quantitative estimate of drug-likeness (QED) is 0.907. The maximum absolute atomic E-state index is 13.2. The zero-order chi connectivity index (χ0) is 13.3. The van der Waals surface area contributed by atoms with Gasteiger partial charge in [0.15, 0.2) is 0 Å². The van der Waals surface area contributed by atoms with Crippen molar-refractivity contribution in [3.63, 3.8) is 0 Å². The minimum Gasteiger partial charge on any atom is -0.392 e. The number of halogens is 1. The van der Waals surface area contributed by atoms with Crippen molar-refractivity contribution >= 4 is 10.0 Å². The zero-order valence-electron chi connectivity index (χ0n) is 10.1. The molecule has 1 fully saturated rings. The largest absolute Gasteiger partial charge is 0.392 e. The van der Waals surface area contributed by atoms with E-state index in [0.717, 1.165) is 25.0 Å². The highest BCUT2D eigenvalue weighted by atomic mass is 32.2. The van der Waals surface area contributed by atoms with Crippen LogP contribution in [0.2, 0.25) is 0 Å². The third-order valence-corrected chi connectivity index (χ3v) is 5.37. The maximum atomic E-state index is 13.2. The highest BCUT2D eigenvalue weighted by Crippen LogP contribution is 2.28. The van der Waals surface area contributed by atoms with Crippen LogP contribution in [0.3, 0.4) is 0 Å². The Morgan fingerprint density at radius 1 is 1.50 bits per heavy atom. The van der Waals surface area contributed by atoms with Crippen LogP contribution in [0.25, 0.3) is 0 Å². The van der Waals surface area contributed by atoms with Gasteiger partial charge in [-0.15, -0.1) is 0 Å². The number of sulfonamides is 1. The summed E-state index contributed by atoms with van der Waals surface area (Å²) in [6.07, 6.45) is 1.62. The smallest absolute Gasteiger partial charge is 0.243 e. The molecule has 1 aliphatic heterocycles. The van der Waals surface area contributed by atoms with Crippen molar-refractivity contribution in [2.75, 3.05) is 6.54 Å². The lowest BCUT2D eigenvalue weighted by Gasteiger charge is -2.22. The first kappa shape index (κ1) is 13.5. The van der Waals surface area contributed by atoms with E-state index in [2.05, 4.69) is 0 Å². The SMILES string of the molecule is CC1CCCN1S(=O)(=O)c1cc(F)ccc1CO. The Balaban J connectivity index is 2.49. The number of hydrogen-bond acceptors (Lipinski definition) is 3. The van der Waals surface area contributed by atoms with Gasteiger partial charge in [0.1, 0.15) is 5.82 Å². The highest BCUT2D eigenvalue weighted by Gasteiger charge is 2.34. The molecule has 4 nitrogen and oxygen atoms in total. The molecule has 18 heavy (non-hydrogen) atoms. The standard InChI is InChI=1S/C12H16FNO3S/c1-9-3-2-6-14(9)18(16,17)12-7-11(13)5-4-10(12)8-15/h4-5,7,9,15H,2-3,6,8H2,1H3. The predicted octanol–water partition coefficient (Wildman–Crippen LogP) is 1.49. The first-order valence-electron chi connectivity index (χ1n) is 5.88. The fraction of sp³-hybridized carbons (Fsp3) is 0.500. The minimum absolute atomic E-state index is 0.0789. The average molecular weight is 273 g/mol. The lowest BCUT2D eigenvalue weighted by atomic mass is 10.2. The van der Waals surface area contributed by atoms with Gasteiger partial charge in [-0.25, -0.2) is 12.8 Å². The second-order valence-electron chi connectivity index (χ2n) is 4.52. The second-order valence-corrected chi connectivity index (χ2v) is 6.38. The number of benzene rings is 1. The molecule has 2 rings (SSSR count). The van der Waals surface area contributed by atoms with Gasteiger partial charge < -0.3 is 5.11 Å². The maximum Gasteiger partial charge on any atom is 0.243 e. The molecule has 1 aromatic rings. The Bertz CT molecular complexity index is 544. The molecule has 0 spiro atoms. The van der Waals surface area contributed by atoms with Crippen LogP contribution >= 0.6 is 0 Å². The first-order chi connectivity index (χ1) is 8.46. The van der Waals surface area contributed by atoms with E-state index in [1.807, 2.05) is 6.92 Å². The fourth-order valence-electron chi connectivity index (χ4n) is 2.29. The Hall–Kier alpha value is -0.980. The van der Waals surface area contributed by atoms with Gasteiger partial charge in [-0.2, -0.15) is 4.31 Å². The molecule has 1 atom stereocenters. The van der Waals surface area contributed by atoms with Gasteiger partial charge in [0.25, 0.3) is 0 Å². The summed E-state index contributed by atoms with van der Waals surface area (Å²) < 4.78 is 39.5. The number of hydrogen-bond donors (Lipinski definition) is 1. The van der Waals surface area contributed by atoms with Crippen LogP contribution in [0, 0.1) is 5.82 Å². The summed E-state index contributed by atoms with van der Waals surface area (Å²) in [5.41, 5.74) is 0.232. The van der Waals surface area contributed by atoms with E-state index >= 15 is 0 Å². The van der Waals surface area contributed by atoms with Crippen LogP contribution in [0.4, 0.5) is 4.39 Å². The Morgan fingerprint density at radius 3 is 2.78 bits per heavy atom. The predicted molar refractivity (Wildman–Crippen MR) is 64.9 cm³/mol. The number of aliphatic hydroxyl groups excluding tert-OH is 1. The number of rotatable bonds is 3. The van der Waals surface area contributed by atoms with Gasteiger partial charge in [0.2, 0.25) is 10.0 Å². The van der Waals surface area contributed by atoms with E-state index < -0.39 is 22.4 Å². The zero-order valence-corrected chi connectivity index (χ0v) is 11.0. The molecule has 1 aromatic carbocycles. The van der Waals surface area contributed by atoms with Crippen molar-refractivity contribution in [3.05, 3.63) is 29.6 Å². The van der Waals surface area contributed by atoms with Crippen LogP contribution in [0.1, 0.15) is 25.3 Å². The topological polar surface area (TPSA) is 57.6 Å². The summed E-state index contributed by atoms with van der Waals surface area (Å²) in [6, 6.07) is 3.36. The highest BCUT2D eigenvalue weighted by molar-refractivity contribution is 7.89. The van der Waals surface area contributed by atoms with Crippen molar-refractivity contribution in [1.82, 2.24) is 4.31 Å². The molecule has 6 heteroatoms. The molecule has 0 saturated carbocycles. The summed E-state index contributed by atoms with van der Waals surface area (Å²) in [7, 11) is -3.72. The van der Waals surface area contributed by atoms with Crippen molar-refractivity contribution in [3.8, 4) is 0 Å². The van der Waals surface area contributed by atoms with Gasteiger partial charge in [0, 0.05) is 12.6 Å². The second kappa shape index (κ2) is 4.95. The molecule has 1 aliphatic rings. The van der Waals surface area contributed by atoms with Crippen molar-refractivity contribution in [2.45, 2.75) is 37.3 Å². The molecule has 1 heterocycles. The van der Waals surface area contributed by atoms with Crippen LogP contribution in [-0.4, -0.2) is 30.4 Å². The summed E-state index contributed by atoms with van der Waals surface area (Å²) in [4.78, 5) is -0.126. The monoisotopic (exact) mass is 273 g/mol. The van der Waals surface area contributed by atoms with Crippen molar-refractivity contribution in [1.29, 1.82) is 0 Å². The van der Waals surface area contributed by atoms with Gasteiger partial charge in [-0.3, -0.25) is 0 Å². The number of aliphatic hydroxyl groups is 1. The van der Waals surface area contributed by atoms with Gasteiger partial charge in [0.05, 0.1) is 11.5 Å². The van der Waals surface area contributed by atoms with E-state index in [1.165, 1.54) is 10.4 Å². The Labute approximate surface area is 106 Å². The summed E-state index contributed by atoms with van der Waals surface area (Å²) in [6.45, 7) is 1.87. The van der Waals surface area contributed by atoms with Crippen molar-refractivity contribution in [2.24, 2.45) is 0 Å². The van der Waals surface area contributed by atoms with Crippen LogP contribution < -0.4 is 0 Å². The van der Waals surface area contributed by atoms with Crippen molar-refractivity contribution < 1.29 is 17.9 Å². The molecule has 0 amide bonds. The Morgan fingerprint density at radius 2 is 2.22 bits per heavy atom. The van der Waals surface area contributed by atoms with E-state index in [0.29, 0.717) is 6.54 Å². The fourth-order valence-corrected chi connectivity index (χ4v) is 4.22. The molecule has 1 N–H and O–H groups in total. The summed E-state index contributed by atoms with van der Waals surface area (Å²) >= 11 is 0. The third kappa shape index (κ3) is 2.28. The molecular weight excluding hydrogens is 257 g/mol. The molecule has 1 unspecified atom stereocenters.